The second kappa shape index (κ2) is 5.56. The molecule has 2 aromatic heterocycles. The second-order valence-corrected chi connectivity index (χ2v) is 5.46. The molecule has 0 atom stereocenters. The predicted molar refractivity (Wildman–Crippen MR) is 84.6 cm³/mol. The van der Waals surface area contributed by atoms with Crippen molar-refractivity contribution in [2.24, 2.45) is 0 Å². The molecule has 3 aromatic rings. The van der Waals surface area contributed by atoms with Crippen molar-refractivity contribution in [2.45, 2.75) is 18.8 Å². The first-order valence-electron chi connectivity index (χ1n) is 7.38. The minimum atomic E-state index is -0.338. The Kier molecular flexibility index (Phi) is 3.26. The first-order chi connectivity index (χ1) is 11.3. The van der Waals surface area contributed by atoms with Crippen molar-refractivity contribution in [2.75, 3.05) is 10.6 Å². The number of anilines is 2. The molecule has 8 nitrogen and oxygen atoms in total. The third-order valence-corrected chi connectivity index (χ3v) is 3.65. The van der Waals surface area contributed by atoms with E-state index in [1.54, 1.807) is 23.1 Å². The van der Waals surface area contributed by atoms with Gasteiger partial charge in [0.25, 0.3) is 0 Å². The number of benzene rings is 1. The number of urea groups is 1. The lowest BCUT2D eigenvalue weighted by atomic mass is 10.3. The molecule has 1 aliphatic carbocycles. The van der Waals surface area contributed by atoms with Gasteiger partial charge in [0.05, 0.1) is 18.1 Å². The molecule has 0 aliphatic heterocycles. The second-order valence-electron chi connectivity index (χ2n) is 5.46. The fourth-order valence-corrected chi connectivity index (χ4v) is 2.35. The van der Waals surface area contributed by atoms with Gasteiger partial charge in [-0.1, -0.05) is 11.3 Å². The third-order valence-electron chi connectivity index (χ3n) is 3.65. The van der Waals surface area contributed by atoms with Crippen LogP contribution in [0.3, 0.4) is 0 Å². The summed E-state index contributed by atoms with van der Waals surface area (Å²) >= 11 is 0. The van der Waals surface area contributed by atoms with Crippen molar-refractivity contribution >= 4 is 17.5 Å². The zero-order valence-corrected chi connectivity index (χ0v) is 12.2. The maximum Gasteiger partial charge on any atom is 0.324 e. The molecule has 0 bridgehead atoms. The van der Waals surface area contributed by atoms with Gasteiger partial charge in [0.1, 0.15) is 0 Å². The van der Waals surface area contributed by atoms with Crippen molar-refractivity contribution in [3.63, 3.8) is 0 Å². The number of aromatic amines is 1. The van der Waals surface area contributed by atoms with Gasteiger partial charge < -0.3 is 5.32 Å². The van der Waals surface area contributed by atoms with E-state index in [2.05, 4.69) is 31.1 Å². The topological polar surface area (TPSA) is 101 Å². The van der Waals surface area contributed by atoms with Crippen LogP contribution in [0, 0.1) is 0 Å². The first-order valence-corrected chi connectivity index (χ1v) is 7.38. The third kappa shape index (κ3) is 3.05. The van der Waals surface area contributed by atoms with Gasteiger partial charge >= 0.3 is 6.03 Å². The molecule has 3 N–H and O–H groups in total. The van der Waals surface area contributed by atoms with Gasteiger partial charge in [0.2, 0.25) is 0 Å². The molecule has 0 saturated heterocycles. The van der Waals surface area contributed by atoms with Gasteiger partial charge in [-0.15, -0.1) is 5.10 Å². The number of hydrogen-bond donors (Lipinski definition) is 3. The minimum Gasteiger partial charge on any atom is -0.308 e. The Bertz CT molecular complexity index is 820. The fourth-order valence-electron chi connectivity index (χ4n) is 2.35. The molecule has 2 heterocycles. The maximum absolute atomic E-state index is 12.1. The molecule has 1 aromatic carbocycles. The SMILES string of the molecule is O=C(Nc1cccc(-n2ccnn2)c1)Nc1cc(C2CC2)[nH]n1. The Hall–Kier alpha value is -3.16. The molecule has 1 saturated carbocycles. The highest BCUT2D eigenvalue weighted by molar-refractivity contribution is 5.99. The van der Waals surface area contributed by atoms with E-state index in [9.17, 15) is 4.79 Å². The Morgan fingerprint density at radius 2 is 2.17 bits per heavy atom. The monoisotopic (exact) mass is 309 g/mol. The molecular formula is C15H15N7O. The first kappa shape index (κ1) is 13.5. The quantitative estimate of drug-likeness (QED) is 0.689. The lowest BCUT2D eigenvalue weighted by molar-refractivity contribution is 0.262. The Morgan fingerprint density at radius 3 is 2.96 bits per heavy atom. The highest BCUT2D eigenvalue weighted by Gasteiger charge is 2.25. The lowest BCUT2D eigenvalue weighted by Crippen LogP contribution is -2.19. The summed E-state index contributed by atoms with van der Waals surface area (Å²) in [7, 11) is 0. The van der Waals surface area contributed by atoms with Crippen molar-refractivity contribution in [1.29, 1.82) is 0 Å². The van der Waals surface area contributed by atoms with Crippen LogP contribution in [0.15, 0.2) is 42.7 Å². The molecule has 1 aliphatic rings. The van der Waals surface area contributed by atoms with Crippen LogP contribution in [0.4, 0.5) is 16.3 Å². The van der Waals surface area contributed by atoms with E-state index in [4.69, 9.17) is 0 Å². The number of hydrogen-bond acceptors (Lipinski definition) is 4. The van der Waals surface area contributed by atoms with Crippen molar-refractivity contribution in [1.82, 2.24) is 25.2 Å². The summed E-state index contributed by atoms with van der Waals surface area (Å²) in [5.41, 5.74) is 2.55. The van der Waals surface area contributed by atoms with Crippen LogP contribution < -0.4 is 10.6 Å². The van der Waals surface area contributed by atoms with Crippen molar-refractivity contribution in [3.05, 3.63) is 48.4 Å². The average Bonchev–Trinajstić information content (AvgIpc) is 3.07. The van der Waals surface area contributed by atoms with Crippen LogP contribution >= 0.6 is 0 Å². The Morgan fingerprint density at radius 1 is 1.26 bits per heavy atom. The summed E-state index contributed by atoms with van der Waals surface area (Å²) in [5, 5.41) is 20.2. The zero-order valence-electron chi connectivity index (χ0n) is 12.2. The molecule has 0 radical (unpaired) electrons. The van der Waals surface area contributed by atoms with Crippen LogP contribution in [0.2, 0.25) is 0 Å². The molecule has 4 rings (SSSR count). The standard InChI is InChI=1S/C15H15N7O/c23-15(18-14-9-13(19-20-14)10-4-5-10)17-11-2-1-3-12(8-11)22-7-6-16-21-22/h1-3,6-10H,4-5H2,(H3,17,18,19,20,23). The van der Waals surface area contributed by atoms with E-state index in [0.29, 0.717) is 17.4 Å². The van der Waals surface area contributed by atoms with Gasteiger partial charge in [0, 0.05) is 23.4 Å². The highest BCUT2D eigenvalue weighted by Crippen LogP contribution is 2.39. The molecular weight excluding hydrogens is 294 g/mol. The molecule has 8 heteroatoms. The number of nitrogens with one attached hydrogen (secondary N) is 3. The number of aromatic nitrogens is 5. The number of rotatable bonds is 4. The van der Waals surface area contributed by atoms with E-state index in [1.165, 1.54) is 12.8 Å². The Labute approximate surface area is 131 Å². The average molecular weight is 309 g/mol. The van der Waals surface area contributed by atoms with E-state index in [0.717, 1.165) is 11.4 Å². The van der Waals surface area contributed by atoms with Gasteiger partial charge in [-0.3, -0.25) is 10.4 Å². The molecule has 1 fully saturated rings. The number of nitrogens with zero attached hydrogens (tertiary/aromatic N) is 4. The van der Waals surface area contributed by atoms with Crippen molar-refractivity contribution in [3.8, 4) is 5.69 Å². The zero-order chi connectivity index (χ0) is 15.6. The summed E-state index contributed by atoms with van der Waals surface area (Å²) in [6, 6.07) is 8.88. The van der Waals surface area contributed by atoms with Gasteiger partial charge in [-0.2, -0.15) is 5.10 Å². The number of H-pyrrole nitrogens is 1. The summed E-state index contributed by atoms with van der Waals surface area (Å²) in [5.74, 6) is 1.09. The largest absolute Gasteiger partial charge is 0.324 e. The summed E-state index contributed by atoms with van der Waals surface area (Å²) in [6.45, 7) is 0. The van der Waals surface area contributed by atoms with E-state index in [1.807, 2.05) is 24.3 Å². The van der Waals surface area contributed by atoms with Crippen LogP contribution in [-0.4, -0.2) is 31.2 Å². The highest BCUT2D eigenvalue weighted by atomic mass is 16.2. The van der Waals surface area contributed by atoms with Crippen LogP contribution in [0.1, 0.15) is 24.5 Å². The minimum absolute atomic E-state index is 0.338. The number of carbonyl (C=O) groups excluding carboxylic acids is 1. The Balaban J connectivity index is 1.42. The normalized spacial score (nSPS) is 13.7. The lowest BCUT2D eigenvalue weighted by Gasteiger charge is -2.07. The smallest absolute Gasteiger partial charge is 0.308 e. The van der Waals surface area contributed by atoms with E-state index in [-0.39, 0.29) is 6.03 Å². The molecule has 0 unspecified atom stereocenters. The van der Waals surface area contributed by atoms with Gasteiger partial charge in [0.15, 0.2) is 5.82 Å². The molecule has 116 valence electrons. The van der Waals surface area contributed by atoms with Gasteiger partial charge in [-0.05, 0) is 31.0 Å². The molecule has 0 spiro atoms. The van der Waals surface area contributed by atoms with E-state index < -0.39 is 0 Å². The van der Waals surface area contributed by atoms with Crippen molar-refractivity contribution < 1.29 is 4.79 Å². The molecule has 23 heavy (non-hydrogen) atoms. The molecule has 2 amide bonds. The van der Waals surface area contributed by atoms with Crippen LogP contribution in [0.25, 0.3) is 5.69 Å². The summed E-state index contributed by atoms with van der Waals surface area (Å²) in [6.07, 6.45) is 5.70. The summed E-state index contributed by atoms with van der Waals surface area (Å²) in [4.78, 5) is 12.1. The van der Waals surface area contributed by atoms with Crippen LogP contribution in [0.5, 0.6) is 0 Å². The number of amides is 2. The maximum atomic E-state index is 12.1. The predicted octanol–water partition coefficient (Wildman–Crippen LogP) is 2.51. The van der Waals surface area contributed by atoms with Crippen LogP contribution in [-0.2, 0) is 0 Å². The van der Waals surface area contributed by atoms with Gasteiger partial charge in [-0.25, -0.2) is 9.48 Å². The van der Waals surface area contributed by atoms with E-state index >= 15 is 0 Å². The fraction of sp³-hybridized carbons (Fsp3) is 0.200. The summed E-state index contributed by atoms with van der Waals surface area (Å²) < 4.78 is 1.62. The number of carbonyl (C=O) groups is 1.